The zero-order chi connectivity index (χ0) is 18.2. The number of ether oxygens (including phenoxy) is 1. The first-order chi connectivity index (χ1) is 12.0. The van der Waals surface area contributed by atoms with Crippen molar-refractivity contribution in [2.45, 2.75) is 32.7 Å². The van der Waals surface area contributed by atoms with Gasteiger partial charge in [0.15, 0.2) is 5.96 Å². The van der Waals surface area contributed by atoms with Gasteiger partial charge in [0.25, 0.3) is 0 Å². The van der Waals surface area contributed by atoms with Gasteiger partial charge in [-0.3, -0.25) is 14.7 Å². The number of hydrogen-bond acceptors (Lipinski definition) is 5. The van der Waals surface area contributed by atoms with Crippen LogP contribution in [-0.4, -0.2) is 99.2 Å². The van der Waals surface area contributed by atoms with Crippen LogP contribution in [0, 0.1) is 5.92 Å². The van der Waals surface area contributed by atoms with Gasteiger partial charge in [0.1, 0.15) is 0 Å². The molecule has 152 valence electrons. The smallest absolute Gasteiger partial charge is 0.309 e. The van der Waals surface area contributed by atoms with E-state index in [1.54, 1.807) is 0 Å². The van der Waals surface area contributed by atoms with Gasteiger partial charge in [-0.15, -0.1) is 24.0 Å². The van der Waals surface area contributed by atoms with E-state index in [0.29, 0.717) is 12.6 Å². The van der Waals surface area contributed by atoms with Crippen LogP contribution in [0.1, 0.15) is 26.7 Å². The van der Waals surface area contributed by atoms with E-state index >= 15 is 0 Å². The normalized spacial score (nSPS) is 23.5. The van der Waals surface area contributed by atoms with Crippen LogP contribution in [0.2, 0.25) is 0 Å². The summed E-state index contributed by atoms with van der Waals surface area (Å²) >= 11 is 0. The maximum absolute atomic E-state index is 11.9. The minimum atomic E-state index is -0.0454. The largest absolute Gasteiger partial charge is 0.466 e. The number of likely N-dealkylation sites (tertiary alicyclic amines) is 1. The van der Waals surface area contributed by atoms with Gasteiger partial charge in [-0.25, -0.2) is 0 Å². The second-order valence-electron chi connectivity index (χ2n) is 7.10. The summed E-state index contributed by atoms with van der Waals surface area (Å²) in [6.07, 6.45) is 1.69. The van der Waals surface area contributed by atoms with Gasteiger partial charge in [0.05, 0.1) is 19.1 Å². The first-order valence-corrected chi connectivity index (χ1v) is 9.63. The molecule has 26 heavy (non-hydrogen) atoms. The van der Waals surface area contributed by atoms with Crippen molar-refractivity contribution in [3.05, 3.63) is 0 Å². The molecule has 1 atom stereocenters. The number of nitrogens with zero attached hydrogens (tertiary/aromatic N) is 4. The Hall–Kier alpha value is -0.610. The van der Waals surface area contributed by atoms with Crippen LogP contribution >= 0.6 is 24.0 Å². The molecule has 0 amide bonds. The van der Waals surface area contributed by atoms with Gasteiger partial charge in [0, 0.05) is 45.3 Å². The SMILES string of the molecule is CCNC(=NCC1CN(C)CCN1C)N1CCC(C(=O)OCC)CC1.I. The van der Waals surface area contributed by atoms with E-state index < -0.39 is 0 Å². The summed E-state index contributed by atoms with van der Waals surface area (Å²) in [5.74, 6) is 0.972. The van der Waals surface area contributed by atoms with Crippen LogP contribution in [0.5, 0.6) is 0 Å². The zero-order valence-corrected chi connectivity index (χ0v) is 19.1. The van der Waals surface area contributed by atoms with Crippen molar-refractivity contribution in [3.8, 4) is 0 Å². The molecule has 2 aliphatic rings. The third-order valence-electron chi connectivity index (χ3n) is 5.18. The van der Waals surface area contributed by atoms with Crippen molar-refractivity contribution >= 4 is 35.9 Å². The number of guanidine groups is 1. The van der Waals surface area contributed by atoms with E-state index in [2.05, 4.69) is 41.0 Å². The molecule has 0 aromatic rings. The maximum atomic E-state index is 11.9. The highest BCUT2D eigenvalue weighted by molar-refractivity contribution is 14.0. The number of aliphatic imine (C=N–C) groups is 1. The van der Waals surface area contributed by atoms with Gasteiger partial charge in [-0.1, -0.05) is 0 Å². The Morgan fingerprint density at radius 3 is 2.46 bits per heavy atom. The third-order valence-corrected chi connectivity index (χ3v) is 5.18. The predicted octanol–water partition coefficient (Wildman–Crippen LogP) is 1.09. The molecular weight excluding hydrogens is 445 g/mol. The molecule has 2 heterocycles. The first-order valence-electron chi connectivity index (χ1n) is 9.63. The van der Waals surface area contributed by atoms with Crippen molar-refractivity contribution in [2.24, 2.45) is 10.9 Å². The van der Waals surface area contributed by atoms with E-state index in [4.69, 9.17) is 9.73 Å². The molecule has 7 nitrogen and oxygen atoms in total. The summed E-state index contributed by atoms with van der Waals surface area (Å²) in [5.41, 5.74) is 0. The van der Waals surface area contributed by atoms with Crippen LogP contribution in [-0.2, 0) is 9.53 Å². The average molecular weight is 481 g/mol. The van der Waals surface area contributed by atoms with Crippen LogP contribution < -0.4 is 5.32 Å². The van der Waals surface area contributed by atoms with Gasteiger partial charge < -0.3 is 19.9 Å². The van der Waals surface area contributed by atoms with Crippen molar-refractivity contribution in [1.29, 1.82) is 0 Å². The summed E-state index contributed by atoms with van der Waals surface area (Å²) in [5, 5.41) is 3.41. The summed E-state index contributed by atoms with van der Waals surface area (Å²) < 4.78 is 5.16. The van der Waals surface area contributed by atoms with Crippen molar-refractivity contribution in [3.63, 3.8) is 0 Å². The molecule has 0 saturated carbocycles. The molecular formula is C18H36IN5O2. The van der Waals surface area contributed by atoms with Crippen molar-refractivity contribution in [1.82, 2.24) is 20.0 Å². The number of halogens is 1. The molecule has 0 aromatic carbocycles. The molecule has 2 saturated heterocycles. The number of rotatable bonds is 5. The minimum absolute atomic E-state index is 0. The lowest BCUT2D eigenvalue weighted by Gasteiger charge is -2.37. The Morgan fingerprint density at radius 1 is 1.15 bits per heavy atom. The standard InChI is InChI=1S/C18H35N5O2.HI/c1-5-19-18(20-13-16-14-21(3)11-12-22(16)4)23-9-7-15(8-10-23)17(24)25-6-2;/h15-16H,5-14H2,1-4H3,(H,19,20);1H. The van der Waals surface area contributed by atoms with E-state index in [9.17, 15) is 4.79 Å². The quantitative estimate of drug-likeness (QED) is 0.275. The highest BCUT2D eigenvalue weighted by Gasteiger charge is 2.28. The number of nitrogens with one attached hydrogen (secondary N) is 1. The molecule has 8 heteroatoms. The Balaban J connectivity index is 0.00000338. The van der Waals surface area contributed by atoms with Gasteiger partial charge in [0.2, 0.25) is 0 Å². The number of likely N-dealkylation sites (N-methyl/N-ethyl adjacent to an activating group) is 2. The molecule has 2 fully saturated rings. The fourth-order valence-corrected chi connectivity index (χ4v) is 3.50. The Labute approximate surface area is 175 Å². The molecule has 0 bridgehead atoms. The molecule has 1 unspecified atom stereocenters. The molecule has 0 aliphatic carbocycles. The zero-order valence-electron chi connectivity index (χ0n) is 16.7. The van der Waals surface area contributed by atoms with Crippen molar-refractivity contribution < 1.29 is 9.53 Å². The predicted molar refractivity (Wildman–Crippen MR) is 116 cm³/mol. The van der Waals surface area contributed by atoms with E-state index in [1.807, 2.05) is 6.92 Å². The maximum Gasteiger partial charge on any atom is 0.309 e. The lowest BCUT2D eigenvalue weighted by Crippen LogP contribution is -2.52. The highest BCUT2D eigenvalue weighted by Crippen LogP contribution is 2.19. The lowest BCUT2D eigenvalue weighted by atomic mass is 9.97. The van der Waals surface area contributed by atoms with Crippen LogP contribution in [0.4, 0.5) is 0 Å². The fraction of sp³-hybridized carbons (Fsp3) is 0.889. The third kappa shape index (κ3) is 6.84. The topological polar surface area (TPSA) is 60.4 Å². The Kier molecular flexibility index (Phi) is 10.8. The number of piperazine rings is 1. The molecule has 2 aliphatic heterocycles. The summed E-state index contributed by atoms with van der Waals surface area (Å²) in [4.78, 5) is 23.9. The van der Waals surface area contributed by atoms with E-state index in [1.165, 1.54) is 0 Å². The summed E-state index contributed by atoms with van der Waals surface area (Å²) in [7, 11) is 4.36. The summed E-state index contributed by atoms with van der Waals surface area (Å²) in [6, 6.07) is 0.462. The number of esters is 1. The fourth-order valence-electron chi connectivity index (χ4n) is 3.50. The molecule has 0 spiro atoms. The number of piperidine rings is 1. The van der Waals surface area contributed by atoms with Crippen LogP contribution in [0.3, 0.4) is 0 Å². The molecule has 0 radical (unpaired) electrons. The Morgan fingerprint density at radius 2 is 1.85 bits per heavy atom. The summed E-state index contributed by atoms with van der Waals surface area (Å²) in [6.45, 7) is 11.1. The van der Waals surface area contributed by atoms with Gasteiger partial charge >= 0.3 is 5.97 Å². The number of carbonyl (C=O) groups is 1. The Bertz CT molecular complexity index is 455. The molecule has 0 aromatic heterocycles. The van der Waals surface area contributed by atoms with E-state index in [0.717, 1.165) is 64.6 Å². The first kappa shape index (κ1) is 23.4. The van der Waals surface area contributed by atoms with E-state index in [-0.39, 0.29) is 35.9 Å². The minimum Gasteiger partial charge on any atom is -0.466 e. The number of hydrogen-bond donors (Lipinski definition) is 1. The van der Waals surface area contributed by atoms with Gasteiger partial charge in [-0.05, 0) is 40.8 Å². The highest BCUT2D eigenvalue weighted by atomic mass is 127. The molecule has 1 N–H and O–H groups in total. The number of carbonyl (C=O) groups excluding carboxylic acids is 1. The second kappa shape index (κ2) is 12.0. The van der Waals surface area contributed by atoms with Crippen LogP contribution in [0.25, 0.3) is 0 Å². The lowest BCUT2D eigenvalue weighted by molar-refractivity contribution is -0.149. The van der Waals surface area contributed by atoms with Crippen molar-refractivity contribution in [2.75, 3.05) is 66.5 Å². The second-order valence-corrected chi connectivity index (χ2v) is 7.10. The van der Waals surface area contributed by atoms with Crippen LogP contribution in [0.15, 0.2) is 4.99 Å². The molecule has 2 rings (SSSR count). The van der Waals surface area contributed by atoms with Gasteiger partial charge in [-0.2, -0.15) is 0 Å². The average Bonchev–Trinajstić information content (AvgIpc) is 2.61. The monoisotopic (exact) mass is 481 g/mol.